The topological polar surface area (TPSA) is 46.5 Å². The van der Waals surface area contributed by atoms with Crippen LogP contribution in [-0.2, 0) is 18.3 Å². The molecular formula is C16H21N3O2. The minimum Gasteiger partial charge on any atom is -0.378 e. The lowest BCUT2D eigenvalue weighted by Crippen LogP contribution is -2.45. The van der Waals surface area contributed by atoms with Gasteiger partial charge in [-0.3, -0.25) is 0 Å². The van der Waals surface area contributed by atoms with E-state index < -0.39 is 0 Å². The summed E-state index contributed by atoms with van der Waals surface area (Å²) < 4.78 is 7.42. The summed E-state index contributed by atoms with van der Waals surface area (Å²) in [6.45, 7) is 5.25. The van der Waals surface area contributed by atoms with E-state index in [9.17, 15) is 4.79 Å². The van der Waals surface area contributed by atoms with E-state index in [1.165, 1.54) is 16.6 Å². The molecule has 2 heterocycles. The molecule has 1 aliphatic rings. The van der Waals surface area contributed by atoms with Gasteiger partial charge in [0.15, 0.2) is 0 Å². The Bertz CT molecular complexity index is 657. The van der Waals surface area contributed by atoms with Crippen molar-refractivity contribution < 1.29 is 9.53 Å². The lowest BCUT2D eigenvalue weighted by molar-refractivity contribution is 0.0531. The van der Waals surface area contributed by atoms with E-state index in [1.807, 2.05) is 0 Å². The molecular weight excluding hydrogens is 266 g/mol. The summed E-state index contributed by atoms with van der Waals surface area (Å²) in [6.07, 6.45) is 0. The highest BCUT2D eigenvalue weighted by atomic mass is 16.5. The first-order valence-corrected chi connectivity index (χ1v) is 7.30. The van der Waals surface area contributed by atoms with Crippen LogP contribution >= 0.6 is 0 Å². The van der Waals surface area contributed by atoms with Crippen molar-refractivity contribution in [2.24, 2.45) is 7.05 Å². The lowest BCUT2D eigenvalue weighted by Gasteiger charge is -2.26. The van der Waals surface area contributed by atoms with Gasteiger partial charge in [0.25, 0.3) is 0 Å². The molecule has 3 rings (SSSR count). The zero-order valence-corrected chi connectivity index (χ0v) is 12.6. The molecule has 1 fully saturated rings. The van der Waals surface area contributed by atoms with Gasteiger partial charge in [0.1, 0.15) is 0 Å². The Hall–Kier alpha value is -2.01. The number of nitrogens with one attached hydrogen (secondary N) is 1. The molecule has 21 heavy (non-hydrogen) atoms. The summed E-state index contributed by atoms with van der Waals surface area (Å²) in [6, 6.07) is 8.48. The van der Waals surface area contributed by atoms with Crippen LogP contribution in [-0.4, -0.2) is 41.8 Å². The predicted octanol–water partition coefficient (Wildman–Crippen LogP) is 2.03. The monoisotopic (exact) mass is 287 g/mol. The van der Waals surface area contributed by atoms with Crippen molar-refractivity contribution in [2.75, 3.05) is 26.3 Å². The summed E-state index contributed by atoms with van der Waals surface area (Å²) in [5, 5.41) is 4.20. The smallest absolute Gasteiger partial charge is 0.317 e. The second-order valence-corrected chi connectivity index (χ2v) is 5.50. The molecule has 112 valence electrons. The maximum Gasteiger partial charge on any atom is 0.317 e. The van der Waals surface area contributed by atoms with Gasteiger partial charge in [-0.25, -0.2) is 4.79 Å². The molecule has 1 saturated heterocycles. The third kappa shape index (κ3) is 2.88. The standard InChI is InChI=1S/C16H21N3O2/c1-12-9-14-10-13(3-4-15(14)18(12)2)11-17-16(20)19-5-7-21-8-6-19/h3-4,9-10H,5-8,11H2,1-2H3,(H,17,20). The van der Waals surface area contributed by atoms with Gasteiger partial charge in [0, 0.05) is 43.3 Å². The van der Waals surface area contributed by atoms with Crippen LogP contribution in [0.1, 0.15) is 11.3 Å². The Morgan fingerprint density at radius 3 is 2.81 bits per heavy atom. The Labute approximate surface area is 124 Å². The molecule has 1 aliphatic heterocycles. The Balaban J connectivity index is 1.66. The van der Waals surface area contributed by atoms with Gasteiger partial charge in [-0.15, -0.1) is 0 Å². The van der Waals surface area contributed by atoms with Gasteiger partial charge in [0.2, 0.25) is 0 Å². The number of ether oxygens (including phenoxy) is 1. The number of urea groups is 1. The van der Waals surface area contributed by atoms with Crippen LogP contribution < -0.4 is 5.32 Å². The number of hydrogen-bond donors (Lipinski definition) is 1. The zero-order chi connectivity index (χ0) is 14.8. The minimum absolute atomic E-state index is 0.0114. The van der Waals surface area contributed by atoms with Crippen molar-refractivity contribution in [1.82, 2.24) is 14.8 Å². The molecule has 2 amide bonds. The van der Waals surface area contributed by atoms with Crippen molar-refractivity contribution in [2.45, 2.75) is 13.5 Å². The van der Waals surface area contributed by atoms with Crippen molar-refractivity contribution in [1.29, 1.82) is 0 Å². The maximum absolute atomic E-state index is 12.0. The summed E-state index contributed by atoms with van der Waals surface area (Å²) in [4.78, 5) is 13.8. The van der Waals surface area contributed by atoms with Crippen LogP contribution in [0.5, 0.6) is 0 Å². The lowest BCUT2D eigenvalue weighted by atomic mass is 10.1. The first-order chi connectivity index (χ1) is 10.1. The van der Waals surface area contributed by atoms with Crippen LogP contribution in [0.2, 0.25) is 0 Å². The van der Waals surface area contributed by atoms with Gasteiger partial charge < -0.3 is 19.5 Å². The third-order valence-corrected chi connectivity index (χ3v) is 4.09. The molecule has 0 unspecified atom stereocenters. The van der Waals surface area contributed by atoms with Gasteiger partial charge in [-0.05, 0) is 30.7 Å². The van der Waals surface area contributed by atoms with Crippen molar-refractivity contribution >= 4 is 16.9 Å². The van der Waals surface area contributed by atoms with Crippen LogP contribution in [0.25, 0.3) is 10.9 Å². The Kier molecular flexibility index (Phi) is 3.84. The molecule has 0 aliphatic carbocycles. The average molecular weight is 287 g/mol. The third-order valence-electron chi connectivity index (χ3n) is 4.09. The molecule has 5 heteroatoms. The fourth-order valence-electron chi connectivity index (χ4n) is 2.70. The highest BCUT2D eigenvalue weighted by molar-refractivity contribution is 5.82. The second-order valence-electron chi connectivity index (χ2n) is 5.50. The summed E-state index contributed by atoms with van der Waals surface area (Å²) in [5.41, 5.74) is 3.57. The SMILES string of the molecule is Cc1cc2cc(CNC(=O)N3CCOCC3)ccc2n1C. The molecule has 1 aromatic heterocycles. The molecule has 1 N–H and O–H groups in total. The number of carbonyl (C=O) groups excluding carboxylic acids is 1. The Morgan fingerprint density at radius 1 is 1.29 bits per heavy atom. The van der Waals surface area contributed by atoms with Crippen molar-refractivity contribution in [3.63, 3.8) is 0 Å². The zero-order valence-electron chi connectivity index (χ0n) is 12.6. The van der Waals surface area contributed by atoms with Crippen LogP contribution in [0, 0.1) is 6.92 Å². The molecule has 0 atom stereocenters. The summed E-state index contributed by atoms with van der Waals surface area (Å²) in [5.74, 6) is 0. The minimum atomic E-state index is -0.0114. The van der Waals surface area contributed by atoms with E-state index in [2.05, 4.69) is 48.1 Å². The van der Waals surface area contributed by atoms with E-state index >= 15 is 0 Å². The fraction of sp³-hybridized carbons (Fsp3) is 0.438. The second kappa shape index (κ2) is 5.77. The van der Waals surface area contributed by atoms with Crippen molar-refractivity contribution in [3.05, 3.63) is 35.5 Å². The normalized spacial score (nSPS) is 15.4. The van der Waals surface area contributed by atoms with Gasteiger partial charge >= 0.3 is 6.03 Å². The van der Waals surface area contributed by atoms with Crippen molar-refractivity contribution in [3.8, 4) is 0 Å². The summed E-state index contributed by atoms with van der Waals surface area (Å²) in [7, 11) is 2.07. The molecule has 5 nitrogen and oxygen atoms in total. The van der Waals surface area contributed by atoms with Gasteiger partial charge in [0.05, 0.1) is 13.2 Å². The van der Waals surface area contributed by atoms with Crippen LogP contribution in [0.4, 0.5) is 4.79 Å². The van der Waals surface area contributed by atoms with Crippen LogP contribution in [0.3, 0.4) is 0 Å². The molecule has 0 saturated carbocycles. The maximum atomic E-state index is 12.0. The van der Waals surface area contributed by atoms with Crippen LogP contribution in [0.15, 0.2) is 24.3 Å². The molecule has 0 spiro atoms. The highest BCUT2D eigenvalue weighted by Crippen LogP contribution is 2.19. The number of benzene rings is 1. The molecule has 0 radical (unpaired) electrons. The molecule has 0 bridgehead atoms. The number of aryl methyl sites for hydroxylation is 2. The highest BCUT2D eigenvalue weighted by Gasteiger charge is 2.16. The van der Waals surface area contributed by atoms with Gasteiger partial charge in [-0.1, -0.05) is 6.07 Å². The van der Waals surface area contributed by atoms with E-state index in [0.29, 0.717) is 32.8 Å². The van der Waals surface area contributed by atoms with E-state index in [4.69, 9.17) is 4.74 Å². The molecule has 1 aromatic carbocycles. The largest absolute Gasteiger partial charge is 0.378 e. The number of rotatable bonds is 2. The number of aromatic nitrogens is 1. The van der Waals surface area contributed by atoms with E-state index in [-0.39, 0.29) is 6.03 Å². The number of carbonyl (C=O) groups is 1. The fourth-order valence-corrected chi connectivity index (χ4v) is 2.70. The number of hydrogen-bond acceptors (Lipinski definition) is 2. The number of nitrogens with zero attached hydrogens (tertiary/aromatic N) is 2. The molecule has 2 aromatic rings. The van der Waals surface area contributed by atoms with Gasteiger partial charge in [-0.2, -0.15) is 0 Å². The Morgan fingerprint density at radius 2 is 2.05 bits per heavy atom. The number of fused-ring (bicyclic) bond motifs is 1. The average Bonchev–Trinajstić information content (AvgIpc) is 2.80. The summed E-state index contributed by atoms with van der Waals surface area (Å²) >= 11 is 0. The quantitative estimate of drug-likeness (QED) is 0.918. The number of amides is 2. The first kappa shape index (κ1) is 13.9. The van der Waals surface area contributed by atoms with E-state index in [0.717, 1.165) is 5.56 Å². The first-order valence-electron chi connectivity index (χ1n) is 7.30. The van der Waals surface area contributed by atoms with E-state index in [1.54, 1.807) is 4.90 Å². The number of morpholine rings is 1. The predicted molar refractivity (Wildman–Crippen MR) is 82.3 cm³/mol.